The van der Waals surface area contributed by atoms with E-state index in [9.17, 15) is 0 Å². The van der Waals surface area contributed by atoms with Gasteiger partial charge in [-0.05, 0) is 0 Å². The van der Waals surface area contributed by atoms with Gasteiger partial charge in [-0.2, -0.15) is 0 Å². The zero-order valence-electron chi connectivity index (χ0n) is 30.9. The van der Waals surface area contributed by atoms with E-state index in [1.165, 1.54) is 70.2 Å². The van der Waals surface area contributed by atoms with Crippen LogP contribution < -0.4 is 0 Å². The molecule has 4 aromatic rings. The van der Waals surface area contributed by atoms with Crippen molar-refractivity contribution in [3.05, 3.63) is 129 Å². The van der Waals surface area contributed by atoms with Crippen LogP contribution in [0, 0.1) is 5.92 Å². The Labute approximate surface area is 311 Å². The average Bonchev–Trinajstić information content (AvgIpc) is 3.77. The number of allylic oxidation sites excluding steroid dienone is 2. The van der Waals surface area contributed by atoms with E-state index >= 15 is 0 Å². The SMILES string of the molecule is CC1=Cc2c(-c3ccc(C(C)C)cc3)cccc2[CH]1[Zr]([CH3])([CH3])(=[SiH2])[CH]1C(C2CCCC2)=Cc2c(-c3ccc(C(C)(C)C)cc3)cccc21.Cl.Cl. The van der Waals surface area contributed by atoms with Gasteiger partial charge in [0.25, 0.3) is 0 Å². The Hall–Kier alpha value is -1.96. The van der Waals surface area contributed by atoms with Crippen molar-refractivity contribution < 1.29 is 17.4 Å². The molecule has 0 aliphatic heterocycles. The number of hydrogen-bond acceptors (Lipinski definition) is 0. The predicted molar refractivity (Wildman–Crippen MR) is 220 cm³/mol. The molecular formula is C45H56Cl2SiZr. The van der Waals surface area contributed by atoms with E-state index < -0.39 is 17.4 Å². The van der Waals surface area contributed by atoms with Crippen LogP contribution in [0.4, 0.5) is 0 Å². The fourth-order valence-corrected chi connectivity index (χ4v) is 30.1. The fourth-order valence-electron chi connectivity index (χ4n) is 9.77. The van der Waals surface area contributed by atoms with E-state index in [0.29, 0.717) is 13.2 Å². The zero-order chi connectivity index (χ0) is 33.3. The van der Waals surface area contributed by atoms with Crippen LogP contribution in [0.1, 0.15) is 114 Å². The number of hydrogen-bond donors (Lipinski definition) is 0. The Morgan fingerprint density at radius 1 is 0.673 bits per heavy atom. The Morgan fingerprint density at radius 2 is 1.16 bits per heavy atom. The molecule has 1 saturated carbocycles. The van der Waals surface area contributed by atoms with Gasteiger partial charge in [0.1, 0.15) is 0 Å². The first-order chi connectivity index (χ1) is 22.2. The van der Waals surface area contributed by atoms with Crippen LogP contribution >= 0.6 is 24.8 Å². The number of halogens is 2. The average molecular weight is 787 g/mol. The van der Waals surface area contributed by atoms with Crippen LogP contribution in [-0.4, -0.2) is 6.88 Å². The second-order valence-electron chi connectivity index (χ2n) is 17.5. The van der Waals surface area contributed by atoms with Crippen LogP contribution in [0.5, 0.6) is 0 Å². The van der Waals surface area contributed by atoms with Crippen molar-refractivity contribution >= 4 is 43.8 Å². The Kier molecular flexibility index (Phi) is 10.8. The molecular weight excluding hydrogens is 731 g/mol. The van der Waals surface area contributed by atoms with Crippen LogP contribution in [0.3, 0.4) is 0 Å². The van der Waals surface area contributed by atoms with Gasteiger partial charge in [0.2, 0.25) is 0 Å². The standard InChI is InChI=1S/C24H27.C19H19.2CH3.2ClH.H2Si.Zr/c1-24(2,3)21-13-11-18(12-14-21)22-10-6-9-19-15-20(16-23(19)22)17-7-4-5-8-17;1-13(2)15-7-9-16(10-8-15)18-6-4-5-17-11-14(3)12-19(17)18;;;;;;/h6,9-17H,4-5,7-8H2,1-3H3;4-13H,1-3H3;2*1H3;2*1H;1H2;. The van der Waals surface area contributed by atoms with E-state index in [2.05, 4.69) is 155 Å². The van der Waals surface area contributed by atoms with E-state index in [1.54, 1.807) is 22.3 Å². The van der Waals surface area contributed by atoms with Gasteiger partial charge in [-0.1, -0.05) is 0 Å². The van der Waals surface area contributed by atoms with Crippen molar-refractivity contribution in [2.45, 2.75) is 95.1 Å². The molecule has 3 aliphatic carbocycles. The molecule has 4 aromatic carbocycles. The summed E-state index contributed by atoms with van der Waals surface area (Å²) in [5.41, 5.74) is 18.0. The van der Waals surface area contributed by atoms with Gasteiger partial charge in [-0.3, -0.25) is 0 Å². The summed E-state index contributed by atoms with van der Waals surface area (Å²) in [6, 6.07) is 33.3. The smallest absolute Gasteiger partial charge is 0.147 e. The summed E-state index contributed by atoms with van der Waals surface area (Å²) >= 11 is -3.68. The number of benzene rings is 4. The Bertz CT molecular complexity index is 1980. The molecule has 3 aliphatic rings. The fraction of sp³-hybridized carbons (Fsp3) is 0.378. The topological polar surface area (TPSA) is 0 Å². The minimum absolute atomic E-state index is 0. The van der Waals surface area contributed by atoms with E-state index in [4.69, 9.17) is 0 Å². The predicted octanol–water partition coefficient (Wildman–Crippen LogP) is 13.4. The summed E-state index contributed by atoms with van der Waals surface area (Å²) < 4.78 is 6.73. The van der Waals surface area contributed by atoms with Gasteiger partial charge in [0.15, 0.2) is 0 Å². The molecule has 0 spiro atoms. The Morgan fingerprint density at radius 3 is 1.67 bits per heavy atom. The number of fused-ring (bicyclic) bond motifs is 2. The molecule has 0 N–H and O–H groups in total. The van der Waals surface area contributed by atoms with Crippen molar-refractivity contribution in [2.24, 2.45) is 5.92 Å². The van der Waals surface area contributed by atoms with Gasteiger partial charge in [0, 0.05) is 0 Å². The second-order valence-corrected chi connectivity index (χ2v) is 48.0. The van der Waals surface area contributed by atoms with E-state index in [1.807, 2.05) is 0 Å². The monoisotopic (exact) mass is 784 g/mol. The Balaban J connectivity index is 0.00000234. The largest absolute Gasteiger partial charge is 0.147 e. The first-order valence-corrected chi connectivity index (χ1v) is 31.8. The molecule has 49 heavy (non-hydrogen) atoms. The molecule has 258 valence electrons. The molecule has 2 atom stereocenters. The maximum absolute atomic E-state index is 3.68. The first kappa shape index (κ1) is 38.3. The van der Waals surface area contributed by atoms with Crippen LogP contribution in [0.15, 0.2) is 96.1 Å². The maximum atomic E-state index is 2.81. The normalized spacial score (nSPS) is 19.1. The van der Waals surface area contributed by atoms with Crippen molar-refractivity contribution in [3.8, 4) is 22.3 Å². The van der Waals surface area contributed by atoms with Crippen molar-refractivity contribution in [1.29, 1.82) is 0 Å². The second kappa shape index (κ2) is 13.9. The third-order valence-corrected chi connectivity index (χ3v) is 29.7. The minimum Gasteiger partial charge on any atom is -0.147 e. The molecule has 0 heterocycles. The van der Waals surface area contributed by atoms with E-state index in [0.717, 1.165) is 5.92 Å². The summed E-state index contributed by atoms with van der Waals surface area (Å²) in [4.78, 5) is 0. The van der Waals surface area contributed by atoms with Gasteiger partial charge in [-0.15, -0.1) is 24.8 Å². The summed E-state index contributed by atoms with van der Waals surface area (Å²) in [5.74, 6) is 1.27. The first-order valence-electron chi connectivity index (χ1n) is 18.2. The minimum atomic E-state index is -3.68. The van der Waals surface area contributed by atoms with Crippen molar-refractivity contribution in [3.63, 3.8) is 0 Å². The van der Waals surface area contributed by atoms with Crippen molar-refractivity contribution in [1.82, 2.24) is 0 Å². The molecule has 1 fully saturated rings. The summed E-state index contributed by atoms with van der Waals surface area (Å²) in [6.07, 6.45) is 10.7. The molecule has 0 aromatic heterocycles. The molecule has 0 bridgehead atoms. The van der Waals surface area contributed by atoms with Gasteiger partial charge < -0.3 is 0 Å². The maximum Gasteiger partial charge on any atom is -0.147 e. The third-order valence-electron chi connectivity index (χ3n) is 12.0. The summed E-state index contributed by atoms with van der Waals surface area (Å²) in [6.45, 7) is 16.4. The molecule has 0 amide bonds. The van der Waals surface area contributed by atoms with E-state index in [-0.39, 0.29) is 30.2 Å². The number of rotatable bonds is 6. The summed E-state index contributed by atoms with van der Waals surface area (Å²) in [5, 5.41) is 0. The van der Waals surface area contributed by atoms with Crippen LogP contribution in [0.2, 0.25) is 9.26 Å². The van der Waals surface area contributed by atoms with Crippen LogP contribution in [-0.2, 0) is 22.8 Å². The molecule has 0 saturated heterocycles. The molecule has 4 heteroatoms. The quantitative estimate of drug-likeness (QED) is 0.171. The molecule has 7 rings (SSSR count). The van der Waals surface area contributed by atoms with Gasteiger partial charge in [-0.25, -0.2) is 0 Å². The molecule has 0 nitrogen and oxygen atoms in total. The van der Waals surface area contributed by atoms with Crippen molar-refractivity contribution in [2.75, 3.05) is 0 Å². The molecule has 2 unspecified atom stereocenters. The summed E-state index contributed by atoms with van der Waals surface area (Å²) in [7, 11) is 0. The molecule has 0 radical (unpaired) electrons. The third kappa shape index (κ3) is 6.75. The van der Waals surface area contributed by atoms with Gasteiger partial charge in [0.05, 0.1) is 0 Å². The van der Waals surface area contributed by atoms with Crippen LogP contribution in [0.25, 0.3) is 34.4 Å². The zero-order valence-corrected chi connectivity index (χ0v) is 36.4. The van der Waals surface area contributed by atoms with Gasteiger partial charge >= 0.3 is 289 Å².